The fourth-order valence-electron chi connectivity index (χ4n) is 1.55. The van der Waals surface area contributed by atoms with Gasteiger partial charge in [-0.15, -0.1) is 0 Å². The van der Waals surface area contributed by atoms with Crippen LogP contribution in [-0.2, 0) is 0 Å². The minimum atomic E-state index is -0.471. The number of aryl methyl sites for hydroxylation is 1. The third kappa shape index (κ3) is 2.65. The molecule has 1 aromatic carbocycles. The van der Waals surface area contributed by atoms with Gasteiger partial charge in [0.2, 0.25) is 0 Å². The molecule has 0 fully saturated rings. The van der Waals surface area contributed by atoms with E-state index in [-0.39, 0.29) is 12.3 Å². The summed E-state index contributed by atoms with van der Waals surface area (Å²) in [6.07, 6.45) is 1.06. The van der Waals surface area contributed by atoms with E-state index in [1.165, 1.54) is 12.3 Å². The Hall–Kier alpha value is -1.81. The number of hydrogen-bond donors (Lipinski definition) is 1. The normalized spacial score (nSPS) is 12.4. The van der Waals surface area contributed by atoms with Crippen molar-refractivity contribution in [3.8, 4) is 5.75 Å². The minimum absolute atomic E-state index is 0.192. The second-order valence-corrected chi connectivity index (χ2v) is 3.79. The van der Waals surface area contributed by atoms with E-state index < -0.39 is 11.9 Å². The number of rotatable bonds is 4. The molecule has 17 heavy (non-hydrogen) atoms. The average molecular weight is 235 g/mol. The summed E-state index contributed by atoms with van der Waals surface area (Å²) >= 11 is 0. The minimum Gasteiger partial charge on any atom is -0.478 e. The molecule has 90 valence electrons. The van der Waals surface area contributed by atoms with Crippen LogP contribution in [-0.4, -0.2) is 6.54 Å². The fourth-order valence-corrected chi connectivity index (χ4v) is 1.55. The number of ether oxygens (including phenoxy) is 1. The van der Waals surface area contributed by atoms with Gasteiger partial charge in [-0.1, -0.05) is 6.07 Å². The van der Waals surface area contributed by atoms with E-state index in [1.807, 2.05) is 6.92 Å². The Bertz CT molecular complexity index is 482. The van der Waals surface area contributed by atoms with Crippen LogP contribution >= 0.6 is 0 Å². The predicted octanol–water partition coefficient (Wildman–Crippen LogP) is 2.81. The number of nitrogens with two attached hydrogens (primary N) is 1. The molecular formula is C13H14FNO2. The Morgan fingerprint density at radius 3 is 2.88 bits per heavy atom. The number of halogens is 1. The van der Waals surface area contributed by atoms with Crippen molar-refractivity contribution in [2.45, 2.75) is 13.0 Å². The molecule has 0 spiro atoms. The summed E-state index contributed by atoms with van der Waals surface area (Å²) in [4.78, 5) is 0. The van der Waals surface area contributed by atoms with Crippen molar-refractivity contribution in [2.24, 2.45) is 5.73 Å². The maximum Gasteiger partial charge on any atom is 0.168 e. The molecule has 2 rings (SSSR count). The molecule has 0 aliphatic rings. The third-order valence-corrected chi connectivity index (χ3v) is 2.43. The zero-order chi connectivity index (χ0) is 12.3. The molecule has 1 aromatic heterocycles. The second-order valence-electron chi connectivity index (χ2n) is 3.79. The van der Waals surface area contributed by atoms with Crippen molar-refractivity contribution >= 4 is 0 Å². The van der Waals surface area contributed by atoms with Crippen molar-refractivity contribution in [1.29, 1.82) is 0 Å². The number of hydrogen-bond acceptors (Lipinski definition) is 3. The van der Waals surface area contributed by atoms with Crippen molar-refractivity contribution in [1.82, 2.24) is 0 Å². The lowest BCUT2D eigenvalue weighted by Gasteiger charge is -2.16. The molecule has 3 nitrogen and oxygen atoms in total. The topological polar surface area (TPSA) is 48.4 Å². The molecule has 0 aliphatic heterocycles. The van der Waals surface area contributed by atoms with Gasteiger partial charge >= 0.3 is 0 Å². The average Bonchev–Trinajstić information content (AvgIpc) is 2.84. The van der Waals surface area contributed by atoms with Crippen LogP contribution in [0.25, 0.3) is 0 Å². The quantitative estimate of drug-likeness (QED) is 0.886. The molecule has 0 saturated carbocycles. The van der Waals surface area contributed by atoms with E-state index in [2.05, 4.69) is 0 Å². The monoisotopic (exact) mass is 235 g/mol. The predicted molar refractivity (Wildman–Crippen MR) is 62.3 cm³/mol. The standard InChI is InChI=1S/C13H14FNO2/c1-9-4-5-10(14)12(7-9)17-13(8-15)11-3-2-6-16-11/h2-7,13H,8,15H2,1H3. The lowest BCUT2D eigenvalue weighted by molar-refractivity contribution is 0.176. The van der Waals surface area contributed by atoms with E-state index >= 15 is 0 Å². The summed E-state index contributed by atoms with van der Waals surface area (Å²) in [7, 11) is 0. The van der Waals surface area contributed by atoms with E-state index in [0.717, 1.165) is 5.56 Å². The van der Waals surface area contributed by atoms with Crippen molar-refractivity contribution < 1.29 is 13.5 Å². The van der Waals surface area contributed by atoms with Crippen LogP contribution in [0.2, 0.25) is 0 Å². The first-order valence-electron chi connectivity index (χ1n) is 5.37. The van der Waals surface area contributed by atoms with Crippen LogP contribution < -0.4 is 10.5 Å². The highest BCUT2D eigenvalue weighted by Gasteiger charge is 2.16. The Balaban J connectivity index is 2.21. The van der Waals surface area contributed by atoms with Gasteiger partial charge in [0.15, 0.2) is 17.7 Å². The summed E-state index contributed by atoms with van der Waals surface area (Å²) < 4.78 is 24.2. The van der Waals surface area contributed by atoms with Crippen LogP contribution in [0.4, 0.5) is 4.39 Å². The lowest BCUT2D eigenvalue weighted by Crippen LogP contribution is -2.18. The third-order valence-electron chi connectivity index (χ3n) is 2.43. The Morgan fingerprint density at radius 2 is 2.24 bits per heavy atom. The molecule has 1 heterocycles. The Kier molecular flexibility index (Phi) is 3.44. The van der Waals surface area contributed by atoms with Gasteiger partial charge in [-0.3, -0.25) is 0 Å². The first-order valence-corrected chi connectivity index (χ1v) is 5.37. The Morgan fingerprint density at radius 1 is 1.41 bits per heavy atom. The molecular weight excluding hydrogens is 221 g/mol. The van der Waals surface area contributed by atoms with E-state index in [9.17, 15) is 4.39 Å². The van der Waals surface area contributed by atoms with Gasteiger partial charge in [0.1, 0.15) is 5.76 Å². The number of furan rings is 1. The van der Waals surface area contributed by atoms with Crippen LogP contribution in [0.15, 0.2) is 41.0 Å². The molecule has 0 saturated heterocycles. The molecule has 1 atom stereocenters. The summed E-state index contributed by atoms with van der Waals surface area (Å²) in [5.74, 6) is 0.380. The van der Waals surface area contributed by atoms with Gasteiger partial charge in [-0.05, 0) is 36.8 Å². The van der Waals surface area contributed by atoms with Gasteiger partial charge < -0.3 is 14.9 Å². The SMILES string of the molecule is Cc1ccc(F)c(OC(CN)c2ccco2)c1. The van der Waals surface area contributed by atoms with Gasteiger partial charge in [0, 0.05) is 6.54 Å². The molecule has 0 bridgehead atoms. The van der Waals surface area contributed by atoms with Crippen molar-refractivity contribution in [2.75, 3.05) is 6.54 Å². The summed E-state index contributed by atoms with van der Waals surface area (Å²) in [6, 6.07) is 8.20. The van der Waals surface area contributed by atoms with Crippen molar-refractivity contribution in [3.05, 3.63) is 53.7 Å². The van der Waals surface area contributed by atoms with E-state index in [1.54, 1.807) is 24.3 Å². The summed E-state index contributed by atoms with van der Waals surface area (Å²) in [5, 5.41) is 0. The molecule has 2 aromatic rings. The van der Waals surface area contributed by atoms with Crippen LogP contribution in [0.5, 0.6) is 5.75 Å². The Labute approximate surface area is 99.0 Å². The second kappa shape index (κ2) is 5.01. The van der Waals surface area contributed by atoms with Gasteiger partial charge in [-0.25, -0.2) is 4.39 Å². The zero-order valence-corrected chi connectivity index (χ0v) is 9.52. The highest BCUT2D eigenvalue weighted by Crippen LogP contribution is 2.25. The van der Waals surface area contributed by atoms with E-state index in [0.29, 0.717) is 5.76 Å². The first kappa shape index (κ1) is 11.7. The van der Waals surface area contributed by atoms with Gasteiger partial charge in [0.05, 0.1) is 6.26 Å². The maximum atomic E-state index is 13.5. The highest BCUT2D eigenvalue weighted by atomic mass is 19.1. The van der Waals surface area contributed by atoms with Crippen LogP contribution in [0.1, 0.15) is 17.4 Å². The van der Waals surface area contributed by atoms with E-state index in [4.69, 9.17) is 14.9 Å². The molecule has 0 amide bonds. The lowest BCUT2D eigenvalue weighted by atomic mass is 10.2. The fraction of sp³-hybridized carbons (Fsp3) is 0.231. The molecule has 2 N–H and O–H groups in total. The van der Waals surface area contributed by atoms with Gasteiger partial charge in [0.25, 0.3) is 0 Å². The smallest absolute Gasteiger partial charge is 0.168 e. The van der Waals surface area contributed by atoms with Crippen molar-refractivity contribution in [3.63, 3.8) is 0 Å². The number of benzene rings is 1. The largest absolute Gasteiger partial charge is 0.478 e. The molecule has 1 unspecified atom stereocenters. The van der Waals surface area contributed by atoms with Gasteiger partial charge in [-0.2, -0.15) is 0 Å². The maximum absolute atomic E-state index is 13.5. The van der Waals surface area contributed by atoms with Crippen LogP contribution in [0, 0.1) is 12.7 Å². The molecule has 0 aliphatic carbocycles. The molecule has 4 heteroatoms. The first-order chi connectivity index (χ1) is 8.20. The highest BCUT2D eigenvalue weighted by molar-refractivity contribution is 5.30. The zero-order valence-electron chi connectivity index (χ0n) is 9.52. The van der Waals surface area contributed by atoms with Crippen LogP contribution in [0.3, 0.4) is 0 Å². The summed E-state index contributed by atoms with van der Waals surface area (Å²) in [5.41, 5.74) is 6.52. The molecule has 0 radical (unpaired) electrons. The summed E-state index contributed by atoms with van der Waals surface area (Å²) in [6.45, 7) is 2.09.